The van der Waals surface area contributed by atoms with E-state index in [4.69, 9.17) is 9.47 Å². The van der Waals surface area contributed by atoms with E-state index in [-0.39, 0.29) is 12.5 Å². The van der Waals surface area contributed by atoms with Crippen molar-refractivity contribution in [3.63, 3.8) is 0 Å². The van der Waals surface area contributed by atoms with Gasteiger partial charge in [0.15, 0.2) is 6.29 Å². The molecule has 1 heterocycles. The molecule has 380 valence electrons. The number of unbranched alkanes of at least 4 members (excludes halogenated alkanes) is 30. The SMILES string of the molecule is CCCCCCC/C=C\C/C=C\CCCCCCCCCCCCCC(=O)NC(COC1OC(CO)C(O)C(O)C1O)C(O)/C=C/CC/C=C/CCCCCCCCCCCCCCC. The summed E-state index contributed by atoms with van der Waals surface area (Å²) in [6.07, 6.45) is 53.1. The highest BCUT2D eigenvalue weighted by atomic mass is 16.7. The highest BCUT2D eigenvalue weighted by molar-refractivity contribution is 5.76. The second kappa shape index (κ2) is 45.9. The Morgan fingerprint density at radius 1 is 0.523 bits per heavy atom. The van der Waals surface area contributed by atoms with Crippen molar-refractivity contribution in [1.29, 1.82) is 0 Å². The average molecular weight is 918 g/mol. The lowest BCUT2D eigenvalue weighted by atomic mass is 9.99. The van der Waals surface area contributed by atoms with Crippen LogP contribution in [0.4, 0.5) is 0 Å². The number of nitrogens with one attached hydrogen (secondary N) is 1. The summed E-state index contributed by atoms with van der Waals surface area (Å²) in [4.78, 5) is 13.0. The third-order valence-electron chi connectivity index (χ3n) is 12.9. The van der Waals surface area contributed by atoms with Gasteiger partial charge in [0.25, 0.3) is 0 Å². The molecule has 0 aromatic heterocycles. The van der Waals surface area contributed by atoms with Crippen molar-refractivity contribution in [3.8, 4) is 0 Å². The molecular weight excluding hydrogens is 815 g/mol. The molecule has 0 aromatic rings. The predicted molar refractivity (Wildman–Crippen MR) is 272 cm³/mol. The fourth-order valence-corrected chi connectivity index (χ4v) is 8.50. The summed E-state index contributed by atoms with van der Waals surface area (Å²) in [5.41, 5.74) is 0. The molecule has 0 saturated carbocycles. The molecule has 1 fully saturated rings. The topological polar surface area (TPSA) is 149 Å². The van der Waals surface area contributed by atoms with E-state index in [0.717, 1.165) is 44.9 Å². The minimum Gasteiger partial charge on any atom is -0.394 e. The molecule has 0 radical (unpaired) electrons. The molecule has 65 heavy (non-hydrogen) atoms. The van der Waals surface area contributed by atoms with Gasteiger partial charge in [-0.05, 0) is 64.2 Å². The zero-order valence-corrected chi connectivity index (χ0v) is 42.0. The zero-order chi connectivity index (χ0) is 47.3. The maximum absolute atomic E-state index is 13.0. The van der Waals surface area contributed by atoms with Crippen molar-refractivity contribution in [3.05, 3.63) is 48.6 Å². The molecule has 0 aromatic carbocycles. The van der Waals surface area contributed by atoms with Crippen LogP contribution >= 0.6 is 0 Å². The van der Waals surface area contributed by atoms with E-state index in [1.807, 2.05) is 6.08 Å². The Kier molecular flexibility index (Phi) is 43.2. The molecule has 1 rings (SSSR count). The molecule has 0 aliphatic carbocycles. The Labute approximate surface area is 399 Å². The van der Waals surface area contributed by atoms with Crippen LogP contribution < -0.4 is 5.32 Å². The Morgan fingerprint density at radius 2 is 0.923 bits per heavy atom. The predicted octanol–water partition coefficient (Wildman–Crippen LogP) is 13.0. The highest BCUT2D eigenvalue weighted by Gasteiger charge is 2.44. The van der Waals surface area contributed by atoms with Gasteiger partial charge in [-0.2, -0.15) is 0 Å². The first-order valence-corrected chi connectivity index (χ1v) is 27.4. The number of hydrogen-bond donors (Lipinski definition) is 6. The van der Waals surface area contributed by atoms with Crippen molar-refractivity contribution in [2.45, 2.75) is 288 Å². The van der Waals surface area contributed by atoms with E-state index >= 15 is 0 Å². The zero-order valence-electron chi connectivity index (χ0n) is 42.0. The van der Waals surface area contributed by atoms with Crippen molar-refractivity contribution >= 4 is 5.91 Å². The van der Waals surface area contributed by atoms with Gasteiger partial charge in [-0.25, -0.2) is 0 Å². The van der Waals surface area contributed by atoms with Gasteiger partial charge in [0.2, 0.25) is 5.91 Å². The smallest absolute Gasteiger partial charge is 0.220 e. The molecule has 1 aliphatic rings. The van der Waals surface area contributed by atoms with Gasteiger partial charge in [-0.1, -0.05) is 223 Å². The van der Waals surface area contributed by atoms with Crippen LogP contribution in [0.5, 0.6) is 0 Å². The number of aliphatic hydroxyl groups is 5. The summed E-state index contributed by atoms with van der Waals surface area (Å²) in [6, 6.07) is -0.823. The van der Waals surface area contributed by atoms with Crippen molar-refractivity contribution in [2.75, 3.05) is 13.2 Å². The molecule has 9 nitrogen and oxygen atoms in total. The van der Waals surface area contributed by atoms with Crippen LogP contribution in [0.3, 0.4) is 0 Å². The number of rotatable bonds is 46. The van der Waals surface area contributed by atoms with Crippen LogP contribution in [0, 0.1) is 0 Å². The summed E-state index contributed by atoms with van der Waals surface area (Å²) >= 11 is 0. The van der Waals surface area contributed by atoms with E-state index in [9.17, 15) is 30.3 Å². The first-order chi connectivity index (χ1) is 31.8. The van der Waals surface area contributed by atoms with Crippen LogP contribution in [0.15, 0.2) is 48.6 Å². The molecule has 1 saturated heterocycles. The van der Waals surface area contributed by atoms with E-state index in [2.05, 4.69) is 55.6 Å². The summed E-state index contributed by atoms with van der Waals surface area (Å²) in [5.74, 6) is -0.188. The standard InChI is InChI=1S/C56H103NO8/c1-3-5-7-9-11-13-15-17-19-21-23-24-25-26-28-30-32-34-36-38-40-42-44-46-52(60)57-49(48-64-56-55(63)54(62)53(61)51(47-58)65-56)50(59)45-43-41-39-37-35-33-31-29-27-22-20-18-16-14-12-10-8-6-4-2/h15,17,21,23,35,37,43,45,49-51,53-56,58-59,61-63H,3-14,16,18-20,22,24-34,36,38-42,44,46-48H2,1-2H3,(H,57,60)/b17-15-,23-21-,37-35+,45-43+. The number of allylic oxidation sites excluding steroid dienone is 7. The highest BCUT2D eigenvalue weighted by Crippen LogP contribution is 2.23. The van der Waals surface area contributed by atoms with Crippen LogP contribution in [-0.4, -0.2) is 87.5 Å². The minimum absolute atomic E-state index is 0.188. The second-order valence-corrected chi connectivity index (χ2v) is 19.0. The molecule has 1 amide bonds. The number of hydrogen-bond acceptors (Lipinski definition) is 8. The van der Waals surface area contributed by atoms with Gasteiger partial charge in [0.1, 0.15) is 24.4 Å². The van der Waals surface area contributed by atoms with E-state index in [1.165, 1.54) is 180 Å². The average Bonchev–Trinajstić information content (AvgIpc) is 3.31. The van der Waals surface area contributed by atoms with Gasteiger partial charge in [-0.3, -0.25) is 4.79 Å². The monoisotopic (exact) mass is 918 g/mol. The number of ether oxygens (including phenoxy) is 2. The Bertz CT molecular complexity index is 1160. The fraction of sp³-hybridized carbons (Fsp3) is 0.839. The van der Waals surface area contributed by atoms with Gasteiger partial charge in [-0.15, -0.1) is 0 Å². The van der Waals surface area contributed by atoms with Gasteiger partial charge in [0, 0.05) is 6.42 Å². The molecule has 7 unspecified atom stereocenters. The van der Waals surface area contributed by atoms with Crippen LogP contribution in [-0.2, 0) is 14.3 Å². The lowest BCUT2D eigenvalue weighted by molar-refractivity contribution is -0.302. The largest absolute Gasteiger partial charge is 0.394 e. The fourth-order valence-electron chi connectivity index (χ4n) is 8.50. The van der Waals surface area contributed by atoms with Crippen molar-refractivity contribution < 1.29 is 39.8 Å². The van der Waals surface area contributed by atoms with Gasteiger partial charge < -0.3 is 40.3 Å². The quantitative estimate of drug-likeness (QED) is 0.0261. The third-order valence-corrected chi connectivity index (χ3v) is 12.9. The van der Waals surface area contributed by atoms with Crippen molar-refractivity contribution in [1.82, 2.24) is 5.32 Å². The summed E-state index contributed by atoms with van der Waals surface area (Å²) in [7, 11) is 0. The number of amides is 1. The van der Waals surface area contributed by atoms with Crippen LogP contribution in [0.1, 0.15) is 245 Å². The summed E-state index contributed by atoms with van der Waals surface area (Å²) in [6.45, 7) is 3.77. The Morgan fingerprint density at radius 3 is 1.38 bits per heavy atom. The van der Waals surface area contributed by atoms with E-state index in [0.29, 0.717) is 6.42 Å². The normalized spacial score (nSPS) is 20.3. The number of carbonyl (C=O) groups is 1. The summed E-state index contributed by atoms with van der Waals surface area (Å²) in [5, 5.41) is 54.4. The second-order valence-electron chi connectivity index (χ2n) is 19.0. The third kappa shape index (κ3) is 35.9. The van der Waals surface area contributed by atoms with Crippen LogP contribution in [0.2, 0.25) is 0 Å². The summed E-state index contributed by atoms with van der Waals surface area (Å²) < 4.78 is 11.2. The molecule has 0 spiro atoms. The molecule has 9 heteroatoms. The lowest BCUT2D eigenvalue weighted by Gasteiger charge is -2.40. The minimum atomic E-state index is -1.57. The first-order valence-electron chi connectivity index (χ1n) is 27.4. The number of aliphatic hydroxyl groups excluding tert-OH is 5. The molecule has 0 bridgehead atoms. The van der Waals surface area contributed by atoms with Gasteiger partial charge in [0.05, 0.1) is 25.4 Å². The Balaban J connectivity index is 2.28. The molecule has 1 aliphatic heterocycles. The van der Waals surface area contributed by atoms with E-state index < -0.39 is 49.5 Å². The van der Waals surface area contributed by atoms with Gasteiger partial charge >= 0.3 is 0 Å². The maximum Gasteiger partial charge on any atom is 0.220 e. The Hall–Kier alpha value is -1.85. The molecule has 6 N–H and O–H groups in total. The number of carbonyl (C=O) groups excluding carboxylic acids is 1. The van der Waals surface area contributed by atoms with E-state index in [1.54, 1.807) is 6.08 Å². The lowest BCUT2D eigenvalue weighted by Crippen LogP contribution is -2.60. The van der Waals surface area contributed by atoms with Crippen LogP contribution in [0.25, 0.3) is 0 Å². The maximum atomic E-state index is 13.0. The molecule has 7 atom stereocenters. The first kappa shape index (κ1) is 61.2. The molecular formula is C56H103NO8. The van der Waals surface area contributed by atoms with Crippen molar-refractivity contribution in [2.24, 2.45) is 0 Å².